The zero-order valence-electron chi connectivity index (χ0n) is 13.0. The van der Waals surface area contributed by atoms with Crippen LogP contribution in [0.15, 0.2) is 36.5 Å². The maximum Gasteiger partial charge on any atom is 0.222 e. The summed E-state index contributed by atoms with van der Waals surface area (Å²) < 4.78 is 5.78. The van der Waals surface area contributed by atoms with Gasteiger partial charge in [0.1, 0.15) is 5.75 Å². The number of aryl methyl sites for hydroxylation is 1. The van der Waals surface area contributed by atoms with E-state index in [4.69, 9.17) is 4.74 Å². The molecule has 0 aliphatic carbocycles. The molecular weight excluding hydrogens is 262 g/mol. The maximum absolute atomic E-state index is 10.7. The number of nitrogens with zero attached hydrogens (tertiary/aromatic N) is 1. The second-order valence-corrected chi connectivity index (χ2v) is 5.87. The molecule has 0 spiro atoms. The summed E-state index contributed by atoms with van der Waals surface area (Å²) in [5, 5.41) is 0. The molecule has 1 heterocycles. The second-order valence-electron chi connectivity index (χ2n) is 5.87. The Labute approximate surface area is 126 Å². The second kappa shape index (κ2) is 6.08. The Morgan fingerprint density at radius 1 is 1.24 bits per heavy atom. The molecule has 2 aromatic rings. The van der Waals surface area contributed by atoms with Gasteiger partial charge in [0, 0.05) is 17.3 Å². The molecule has 0 N–H and O–H groups in total. The number of carbonyl (C=O) groups excluding carboxylic acids is 1. The van der Waals surface area contributed by atoms with Crippen molar-refractivity contribution >= 4 is 6.29 Å². The highest BCUT2D eigenvalue weighted by Crippen LogP contribution is 2.29. The number of hydrogen-bond donors (Lipinski definition) is 0. The van der Waals surface area contributed by atoms with Crippen LogP contribution < -0.4 is 4.74 Å². The molecule has 2 rings (SSSR count). The van der Waals surface area contributed by atoms with Gasteiger partial charge < -0.3 is 4.74 Å². The Balaban J connectivity index is 2.19. The van der Waals surface area contributed by atoms with Crippen molar-refractivity contribution in [2.24, 2.45) is 0 Å². The van der Waals surface area contributed by atoms with Gasteiger partial charge in [-0.3, -0.25) is 4.79 Å². The van der Waals surface area contributed by atoms with E-state index in [0.717, 1.165) is 24.0 Å². The smallest absolute Gasteiger partial charge is 0.222 e. The highest BCUT2D eigenvalue weighted by Gasteiger charge is 2.17. The van der Waals surface area contributed by atoms with Gasteiger partial charge in [0.2, 0.25) is 5.88 Å². The first-order valence-electron chi connectivity index (χ1n) is 7.16. The minimum absolute atomic E-state index is 0.165. The van der Waals surface area contributed by atoms with E-state index in [1.807, 2.05) is 19.1 Å². The summed E-state index contributed by atoms with van der Waals surface area (Å²) in [6.07, 6.45) is 3.39. The van der Waals surface area contributed by atoms with Crippen molar-refractivity contribution in [3.8, 4) is 11.6 Å². The topological polar surface area (TPSA) is 39.2 Å². The fraction of sp³-hybridized carbons (Fsp3) is 0.333. The SMILES string of the molecule is CCC(C)(C)c1ccc(Oc2ncc(C=O)cc2C)cc1. The van der Waals surface area contributed by atoms with Crippen molar-refractivity contribution in [2.75, 3.05) is 0 Å². The number of pyridine rings is 1. The van der Waals surface area contributed by atoms with E-state index < -0.39 is 0 Å². The number of carbonyl (C=O) groups is 1. The average molecular weight is 283 g/mol. The molecule has 1 aromatic carbocycles. The molecule has 0 amide bonds. The van der Waals surface area contributed by atoms with E-state index in [-0.39, 0.29) is 5.41 Å². The van der Waals surface area contributed by atoms with Gasteiger partial charge in [-0.05, 0) is 42.5 Å². The van der Waals surface area contributed by atoms with Crippen molar-refractivity contribution < 1.29 is 9.53 Å². The zero-order chi connectivity index (χ0) is 15.5. The van der Waals surface area contributed by atoms with E-state index in [1.54, 1.807) is 6.07 Å². The zero-order valence-corrected chi connectivity index (χ0v) is 13.0. The van der Waals surface area contributed by atoms with E-state index in [2.05, 4.69) is 37.9 Å². The lowest BCUT2D eigenvalue weighted by Crippen LogP contribution is -2.14. The van der Waals surface area contributed by atoms with Crippen molar-refractivity contribution in [2.45, 2.75) is 39.5 Å². The average Bonchev–Trinajstić information content (AvgIpc) is 2.50. The molecule has 21 heavy (non-hydrogen) atoms. The predicted octanol–water partition coefficient (Wildman–Crippen LogP) is 4.68. The summed E-state index contributed by atoms with van der Waals surface area (Å²) in [7, 11) is 0. The highest BCUT2D eigenvalue weighted by atomic mass is 16.5. The van der Waals surface area contributed by atoms with Crippen LogP contribution in [0.2, 0.25) is 0 Å². The summed E-state index contributed by atoms with van der Waals surface area (Å²) in [6, 6.07) is 9.87. The summed E-state index contributed by atoms with van der Waals surface area (Å²) in [5.74, 6) is 1.28. The number of rotatable bonds is 5. The quantitative estimate of drug-likeness (QED) is 0.748. The first-order chi connectivity index (χ1) is 9.96. The molecule has 0 radical (unpaired) electrons. The molecule has 1 aromatic heterocycles. The van der Waals surface area contributed by atoms with Gasteiger partial charge in [-0.15, -0.1) is 0 Å². The molecule has 0 aliphatic heterocycles. The van der Waals surface area contributed by atoms with E-state index in [1.165, 1.54) is 11.8 Å². The Morgan fingerprint density at radius 3 is 2.43 bits per heavy atom. The van der Waals surface area contributed by atoms with Crippen LogP contribution in [0, 0.1) is 6.92 Å². The van der Waals surface area contributed by atoms with Gasteiger partial charge >= 0.3 is 0 Å². The molecule has 0 saturated heterocycles. The number of hydrogen-bond acceptors (Lipinski definition) is 3. The number of benzene rings is 1. The fourth-order valence-electron chi connectivity index (χ4n) is 2.05. The first-order valence-corrected chi connectivity index (χ1v) is 7.16. The maximum atomic E-state index is 10.7. The van der Waals surface area contributed by atoms with Crippen LogP contribution in [-0.2, 0) is 5.41 Å². The molecule has 0 atom stereocenters. The number of ether oxygens (including phenoxy) is 1. The molecular formula is C18H21NO2. The Kier molecular flexibility index (Phi) is 4.41. The third-order valence-corrected chi connectivity index (χ3v) is 3.92. The highest BCUT2D eigenvalue weighted by molar-refractivity contribution is 5.74. The van der Waals surface area contributed by atoms with Crippen molar-refractivity contribution in [3.05, 3.63) is 53.2 Å². The van der Waals surface area contributed by atoms with E-state index >= 15 is 0 Å². The fourth-order valence-corrected chi connectivity index (χ4v) is 2.05. The van der Waals surface area contributed by atoms with Crippen LogP contribution in [0.5, 0.6) is 11.6 Å². The molecule has 0 unspecified atom stereocenters. The van der Waals surface area contributed by atoms with E-state index in [9.17, 15) is 4.79 Å². The van der Waals surface area contributed by atoms with E-state index in [0.29, 0.717) is 11.4 Å². The van der Waals surface area contributed by atoms with Gasteiger partial charge in [-0.2, -0.15) is 0 Å². The molecule has 3 nitrogen and oxygen atoms in total. The Hall–Kier alpha value is -2.16. The Bertz CT molecular complexity index is 630. The standard InChI is InChI=1S/C18H21NO2/c1-5-18(3,4)15-6-8-16(9-7-15)21-17-13(2)10-14(12-20)11-19-17/h6-12H,5H2,1-4H3. The third-order valence-electron chi connectivity index (χ3n) is 3.92. The van der Waals surface area contributed by atoms with Crippen LogP contribution >= 0.6 is 0 Å². The van der Waals surface area contributed by atoms with Gasteiger partial charge in [-0.25, -0.2) is 4.98 Å². The van der Waals surface area contributed by atoms with Gasteiger partial charge in [0.25, 0.3) is 0 Å². The molecule has 0 bridgehead atoms. The van der Waals surface area contributed by atoms with Crippen molar-refractivity contribution in [1.82, 2.24) is 4.98 Å². The van der Waals surface area contributed by atoms with Gasteiger partial charge in [-0.1, -0.05) is 32.9 Å². The van der Waals surface area contributed by atoms with Gasteiger partial charge in [0.15, 0.2) is 6.29 Å². The molecule has 0 fully saturated rings. The monoisotopic (exact) mass is 283 g/mol. The van der Waals surface area contributed by atoms with Crippen LogP contribution in [0.25, 0.3) is 0 Å². The lowest BCUT2D eigenvalue weighted by Gasteiger charge is -2.23. The summed E-state index contributed by atoms with van der Waals surface area (Å²) in [4.78, 5) is 14.9. The van der Waals surface area contributed by atoms with Crippen molar-refractivity contribution in [1.29, 1.82) is 0 Å². The van der Waals surface area contributed by atoms with Crippen molar-refractivity contribution in [3.63, 3.8) is 0 Å². The summed E-state index contributed by atoms with van der Waals surface area (Å²) >= 11 is 0. The normalized spacial score (nSPS) is 11.2. The van der Waals surface area contributed by atoms with Crippen LogP contribution in [0.3, 0.4) is 0 Å². The van der Waals surface area contributed by atoms with Crippen LogP contribution in [0.4, 0.5) is 0 Å². The summed E-state index contributed by atoms with van der Waals surface area (Å²) in [6.45, 7) is 8.52. The minimum atomic E-state index is 0.165. The number of aromatic nitrogens is 1. The largest absolute Gasteiger partial charge is 0.439 e. The van der Waals surface area contributed by atoms with Crippen LogP contribution in [0.1, 0.15) is 48.7 Å². The lowest BCUT2D eigenvalue weighted by molar-refractivity contribution is 0.112. The number of aldehydes is 1. The molecule has 0 aliphatic rings. The first kappa shape index (κ1) is 15.2. The molecule has 110 valence electrons. The summed E-state index contributed by atoms with van der Waals surface area (Å²) in [5.41, 5.74) is 2.86. The van der Waals surface area contributed by atoms with Crippen LogP contribution in [-0.4, -0.2) is 11.3 Å². The van der Waals surface area contributed by atoms with Gasteiger partial charge in [0.05, 0.1) is 0 Å². The molecule has 3 heteroatoms. The Morgan fingerprint density at radius 2 is 1.90 bits per heavy atom. The lowest BCUT2D eigenvalue weighted by atomic mass is 9.82. The minimum Gasteiger partial charge on any atom is -0.439 e. The predicted molar refractivity (Wildman–Crippen MR) is 84.2 cm³/mol. The molecule has 0 saturated carbocycles. The third kappa shape index (κ3) is 3.48.